The van der Waals surface area contributed by atoms with Crippen molar-refractivity contribution in [2.24, 2.45) is 12.8 Å². The molecule has 0 unspecified atom stereocenters. The maximum atomic E-state index is 5.70. The number of nitrogens with zero attached hydrogens (tertiary/aromatic N) is 3. The van der Waals surface area contributed by atoms with Gasteiger partial charge in [0.1, 0.15) is 23.0 Å². The van der Waals surface area contributed by atoms with E-state index in [0.29, 0.717) is 11.6 Å². The van der Waals surface area contributed by atoms with E-state index in [1.165, 1.54) is 0 Å². The van der Waals surface area contributed by atoms with Gasteiger partial charge in [-0.3, -0.25) is 4.68 Å². The zero-order chi connectivity index (χ0) is 13.1. The lowest BCUT2D eigenvalue weighted by atomic mass is 10.1. The van der Waals surface area contributed by atoms with Gasteiger partial charge < -0.3 is 10.5 Å². The van der Waals surface area contributed by atoms with Crippen molar-refractivity contribution in [2.45, 2.75) is 13.5 Å². The number of hydrogen-bond donors (Lipinski definition) is 1. The minimum absolute atomic E-state index is 0.361. The summed E-state index contributed by atoms with van der Waals surface area (Å²) < 4.78 is 7.33. The van der Waals surface area contributed by atoms with Gasteiger partial charge in [0.2, 0.25) is 0 Å². The van der Waals surface area contributed by atoms with Crippen LogP contribution < -0.4 is 10.5 Å². The molecule has 2 N–H and O–H groups in total. The lowest BCUT2D eigenvalue weighted by Gasteiger charge is -2.09. The molecule has 2 aromatic rings. The number of ether oxygens (including phenoxy) is 1. The fourth-order valence-electron chi connectivity index (χ4n) is 1.52. The van der Waals surface area contributed by atoms with Gasteiger partial charge in [0.25, 0.3) is 0 Å². The van der Waals surface area contributed by atoms with Crippen LogP contribution in [-0.2, 0) is 13.7 Å². The first kappa shape index (κ1) is 12.5. The molecule has 5 nitrogen and oxygen atoms in total. The molecule has 0 fully saturated rings. The highest BCUT2D eigenvalue weighted by Crippen LogP contribution is 2.20. The molecule has 0 saturated heterocycles. The van der Waals surface area contributed by atoms with Crippen LogP contribution in [0.25, 0.3) is 0 Å². The quantitative estimate of drug-likeness (QED) is 0.842. The van der Waals surface area contributed by atoms with Crippen molar-refractivity contribution in [1.29, 1.82) is 0 Å². The molecule has 0 atom stereocenters. The molecule has 0 aliphatic carbocycles. The van der Waals surface area contributed by atoms with Crippen LogP contribution in [0.3, 0.4) is 0 Å². The van der Waals surface area contributed by atoms with Crippen molar-refractivity contribution in [2.75, 3.05) is 0 Å². The summed E-state index contributed by atoms with van der Waals surface area (Å²) in [7, 11) is 1.81. The number of aromatic nitrogens is 3. The molecule has 2 rings (SSSR count). The van der Waals surface area contributed by atoms with E-state index < -0.39 is 0 Å². The number of rotatable bonds is 4. The Hall–Kier alpha value is -1.95. The predicted octanol–water partition coefficient (Wildman–Crippen LogP) is 1.34. The molecular formula is C12H14N4OS. The zero-order valence-corrected chi connectivity index (χ0v) is 11.1. The lowest BCUT2D eigenvalue weighted by molar-refractivity contribution is 0.299. The van der Waals surface area contributed by atoms with E-state index in [2.05, 4.69) is 10.3 Å². The first-order valence-electron chi connectivity index (χ1n) is 5.44. The van der Waals surface area contributed by atoms with Crippen LogP contribution in [0.15, 0.2) is 24.4 Å². The highest BCUT2D eigenvalue weighted by molar-refractivity contribution is 7.80. The predicted molar refractivity (Wildman–Crippen MR) is 72.4 cm³/mol. The molecule has 1 aromatic heterocycles. The largest absolute Gasteiger partial charge is 0.487 e. The van der Waals surface area contributed by atoms with E-state index in [4.69, 9.17) is 22.7 Å². The SMILES string of the molecule is Cc1ccc(C(N)=S)cc1OCc1cn(C)nn1. The van der Waals surface area contributed by atoms with E-state index in [1.54, 1.807) is 4.68 Å². The van der Waals surface area contributed by atoms with Crippen LogP contribution in [-0.4, -0.2) is 20.0 Å². The van der Waals surface area contributed by atoms with Gasteiger partial charge in [-0.25, -0.2) is 0 Å². The third-order valence-corrected chi connectivity index (χ3v) is 2.73. The smallest absolute Gasteiger partial charge is 0.134 e. The van der Waals surface area contributed by atoms with Crippen LogP contribution in [0, 0.1) is 6.92 Å². The first-order chi connectivity index (χ1) is 8.56. The second-order valence-corrected chi connectivity index (χ2v) is 4.46. The second-order valence-electron chi connectivity index (χ2n) is 4.02. The maximum absolute atomic E-state index is 5.70. The Morgan fingerprint density at radius 1 is 1.50 bits per heavy atom. The van der Waals surface area contributed by atoms with Gasteiger partial charge in [0.15, 0.2) is 0 Å². The molecule has 0 saturated carbocycles. The summed E-state index contributed by atoms with van der Waals surface area (Å²) in [5, 5.41) is 7.80. The number of benzene rings is 1. The molecule has 18 heavy (non-hydrogen) atoms. The summed E-state index contributed by atoms with van der Waals surface area (Å²) in [5.74, 6) is 0.756. The molecule has 0 aliphatic heterocycles. The highest BCUT2D eigenvalue weighted by atomic mass is 32.1. The van der Waals surface area contributed by atoms with Crippen LogP contribution in [0.2, 0.25) is 0 Å². The molecule has 0 aliphatic rings. The van der Waals surface area contributed by atoms with Crippen molar-refractivity contribution in [3.63, 3.8) is 0 Å². The summed E-state index contributed by atoms with van der Waals surface area (Å²) in [4.78, 5) is 0.361. The second kappa shape index (κ2) is 5.14. The zero-order valence-electron chi connectivity index (χ0n) is 10.3. The van der Waals surface area contributed by atoms with E-state index in [1.807, 2.05) is 38.4 Å². The molecule has 1 heterocycles. The van der Waals surface area contributed by atoms with Crippen LogP contribution in [0.4, 0.5) is 0 Å². The topological polar surface area (TPSA) is 66.0 Å². The summed E-state index contributed by atoms with van der Waals surface area (Å²) in [6.45, 7) is 2.34. The van der Waals surface area contributed by atoms with E-state index in [0.717, 1.165) is 22.6 Å². The van der Waals surface area contributed by atoms with E-state index >= 15 is 0 Å². The molecule has 94 valence electrons. The number of thiocarbonyl (C=S) groups is 1. The summed E-state index contributed by atoms with van der Waals surface area (Å²) in [6.07, 6.45) is 1.81. The number of aryl methyl sites for hydroxylation is 2. The average molecular weight is 262 g/mol. The molecule has 6 heteroatoms. The summed E-state index contributed by atoms with van der Waals surface area (Å²) in [5.41, 5.74) is 8.19. The number of hydrogen-bond acceptors (Lipinski definition) is 4. The van der Waals surface area contributed by atoms with Crippen molar-refractivity contribution in [1.82, 2.24) is 15.0 Å². The van der Waals surface area contributed by atoms with Crippen molar-refractivity contribution in [3.8, 4) is 5.75 Å². The minimum Gasteiger partial charge on any atom is -0.487 e. The average Bonchev–Trinajstić information content (AvgIpc) is 2.74. The molecule has 0 amide bonds. The highest BCUT2D eigenvalue weighted by Gasteiger charge is 2.05. The Balaban J connectivity index is 2.13. The maximum Gasteiger partial charge on any atom is 0.134 e. The summed E-state index contributed by atoms with van der Waals surface area (Å²) in [6, 6.07) is 5.65. The van der Waals surface area contributed by atoms with E-state index in [-0.39, 0.29) is 0 Å². The monoisotopic (exact) mass is 262 g/mol. The minimum atomic E-state index is 0.361. The van der Waals surface area contributed by atoms with Gasteiger partial charge in [-0.15, -0.1) is 5.10 Å². The summed E-state index contributed by atoms with van der Waals surface area (Å²) >= 11 is 4.94. The van der Waals surface area contributed by atoms with Crippen LogP contribution in [0.5, 0.6) is 5.75 Å². The van der Waals surface area contributed by atoms with Crippen LogP contribution in [0.1, 0.15) is 16.8 Å². The molecule has 1 aromatic carbocycles. The molecule has 0 bridgehead atoms. The van der Waals surface area contributed by atoms with Crippen LogP contribution >= 0.6 is 12.2 Å². The van der Waals surface area contributed by atoms with Gasteiger partial charge >= 0.3 is 0 Å². The van der Waals surface area contributed by atoms with Gasteiger partial charge in [-0.1, -0.05) is 29.6 Å². The lowest BCUT2D eigenvalue weighted by Crippen LogP contribution is -2.09. The van der Waals surface area contributed by atoms with Gasteiger partial charge in [0.05, 0.1) is 6.20 Å². The Kier molecular flexibility index (Phi) is 3.57. The van der Waals surface area contributed by atoms with Crippen molar-refractivity contribution >= 4 is 17.2 Å². The Labute approximate surface area is 111 Å². The molecule has 0 spiro atoms. The van der Waals surface area contributed by atoms with Crippen molar-refractivity contribution < 1.29 is 4.74 Å². The Bertz CT molecular complexity index is 579. The van der Waals surface area contributed by atoms with Gasteiger partial charge in [0, 0.05) is 12.6 Å². The third-order valence-electron chi connectivity index (χ3n) is 2.50. The normalized spacial score (nSPS) is 10.3. The standard InChI is InChI=1S/C12H14N4OS/c1-8-3-4-9(12(13)18)5-11(8)17-7-10-6-16(2)15-14-10/h3-6H,7H2,1-2H3,(H2,13,18). The third kappa shape index (κ3) is 2.84. The number of nitrogens with two attached hydrogens (primary N) is 1. The van der Waals surface area contributed by atoms with Gasteiger partial charge in [-0.2, -0.15) is 0 Å². The van der Waals surface area contributed by atoms with Gasteiger partial charge in [-0.05, 0) is 18.6 Å². The first-order valence-corrected chi connectivity index (χ1v) is 5.85. The van der Waals surface area contributed by atoms with Crippen molar-refractivity contribution in [3.05, 3.63) is 41.2 Å². The molecular weight excluding hydrogens is 248 g/mol. The Morgan fingerprint density at radius 3 is 2.89 bits per heavy atom. The van der Waals surface area contributed by atoms with E-state index in [9.17, 15) is 0 Å². The Morgan fingerprint density at radius 2 is 2.28 bits per heavy atom. The fraction of sp³-hybridized carbons (Fsp3) is 0.250. The molecule has 0 radical (unpaired) electrons. The fourth-order valence-corrected chi connectivity index (χ4v) is 1.65.